The van der Waals surface area contributed by atoms with Gasteiger partial charge in [0.05, 0.1) is 62.4 Å². The molecule has 0 bridgehead atoms. The first kappa shape index (κ1) is 63.6. The summed E-state index contributed by atoms with van der Waals surface area (Å²) in [6.45, 7) is 14.9. The van der Waals surface area contributed by atoms with Crippen LogP contribution in [-0.2, 0) is 28.2 Å². The van der Waals surface area contributed by atoms with E-state index in [0.29, 0.717) is 0 Å². The highest BCUT2D eigenvalue weighted by atomic mass is 16.3. The molecule has 20 rings (SSSR count). The lowest BCUT2D eigenvalue weighted by Crippen LogP contribution is -2.32. The highest BCUT2D eigenvalue weighted by molar-refractivity contribution is 6.17. The average molecular weight is 1340 g/mol. The molecule has 0 aliphatic heterocycles. The standard InChI is InChI=1S/3C23H19N2O.C22H17N2O/c1-14-12-24-23(25(3)13-14)21-15(2)8-9-18-19-10-16-6-4-5-7-17(16)11-20(19)26-22(18)21;1-14-10-19-18-11-16-6-4-5-7-17(16)12-21(18)26-23(19)22(15(14)2)20-13-24-8-9-25(20)3;1-14-10-15(2)22(19-13-24-8-9-25(19)3)23-21(14)18-11-16-6-4-5-7-17(16)12-20(18)26-23;1-14-8-9-17-18-12-15-6-3-4-7-16(15)13-19(18)25-21(17)20(14)22-23-10-5-11-24(22)2/h3*4-13H,1-3H3;3-13H,1-2H3/q4*+1. The minimum absolute atomic E-state index is 0.902. The van der Waals surface area contributed by atoms with Gasteiger partial charge < -0.3 is 17.7 Å². The molecule has 103 heavy (non-hydrogen) atoms. The zero-order valence-corrected chi connectivity index (χ0v) is 59.4. The summed E-state index contributed by atoms with van der Waals surface area (Å²) < 4.78 is 33.8. The highest BCUT2D eigenvalue weighted by Gasteiger charge is 2.28. The van der Waals surface area contributed by atoms with E-state index in [2.05, 4.69) is 270 Å². The van der Waals surface area contributed by atoms with Crippen molar-refractivity contribution in [1.29, 1.82) is 0 Å². The number of hydrogen-bond acceptors (Lipinski definition) is 8. The second-order valence-corrected chi connectivity index (χ2v) is 27.4. The summed E-state index contributed by atoms with van der Waals surface area (Å²) in [7, 11) is 8.13. The van der Waals surface area contributed by atoms with Gasteiger partial charge in [-0.25, -0.2) is 9.13 Å². The molecule has 0 fully saturated rings. The Kier molecular flexibility index (Phi) is 15.7. The maximum absolute atomic E-state index is 6.42. The smallest absolute Gasteiger partial charge is 0.334 e. The van der Waals surface area contributed by atoms with Gasteiger partial charge in [-0.15, -0.1) is 0 Å². The van der Waals surface area contributed by atoms with Crippen molar-refractivity contribution < 1.29 is 35.9 Å². The van der Waals surface area contributed by atoms with Gasteiger partial charge in [0.2, 0.25) is 11.4 Å². The summed E-state index contributed by atoms with van der Waals surface area (Å²) in [5, 5.41) is 18.9. The minimum Gasteiger partial charge on any atom is -0.455 e. The molecule has 20 aromatic rings. The van der Waals surface area contributed by atoms with Gasteiger partial charge in [-0.1, -0.05) is 127 Å². The number of aryl methyl sites for hydroxylation is 10. The van der Waals surface area contributed by atoms with Crippen molar-refractivity contribution in [2.24, 2.45) is 28.2 Å². The molecule has 8 heterocycles. The molecule has 498 valence electrons. The fourth-order valence-corrected chi connectivity index (χ4v) is 15.2. The van der Waals surface area contributed by atoms with E-state index in [1.54, 1.807) is 12.4 Å². The molecule has 0 spiro atoms. The van der Waals surface area contributed by atoms with Crippen molar-refractivity contribution in [2.45, 2.75) is 48.5 Å². The first-order chi connectivity index (χ1) is 50.1. The molecule has 0 aliphatic rings. The third kappa shape index (κ3) is 11.1. The van der Waals surface area contributed by atoms with E-state index in [-0.39, 0.29) is 0 Å². The lowest BCUT2D eigenvalue weighted by molar-refractivity contribution is -0.663. The van der Waals surface area contributed by atoms with Crippen molar-refractivity contribution in [3.05, 3.63) is 289 Å². The largest absolute Gasteiger partial charge is 0.455 e. The van der Waals surface area contributed by atoms with Gasteiger partial charge in [0.1, 0.15) is 71.1 Å². The first-order valence-corrected chi connectivity index (χ1v) is 34.7. The molecule has 0 N–H and O–H groups in total. The Bertz CT molecular complexity index is 6860. The van der Waals surface area contributed by atoms with E-state index in [1.165, 1.54) is 76.1 Å². The molecule has 0 saturated heterocycles. The van der Waals surface area contributed by atoms with E-state index < -0.39 is 0 Å². The van der Waals surface area contributed by atoms with Crippen LogP contribution < -0.4 is 18.3 Å². The fourth-order valence-electron chi connectivity index (χ4n) is 15.2. The van der Waals surface area contributed by atoms with Crippen molar-refractivity contribution in [3.63, 3.8) is 0 Å². The topological polar surface area (TPSA) is 120 Å². The number of fused-ring (bicyclic) bond motifs is 16. The van der Waals surface area contributed by atoms with Crippen molar-refractivity contribution >= 4 is 131 Å². The Morgan fingerprint density at radius 2 is 0.709 bits per heavy atom. The SMILES string of the molecule is Cc1cc(C)c2c(oc3cc4ccccc4cc32)c1-c1cncc[n+]1C.Cc1cc2c(oc3cc4ccccc4cc32)c(-c2cncc[n+]2C)c1C.Cc1ccc2c(oc3cc4ccccc4cc32)c1-c1nccc[n+]1C.Cc1cnc(-c2c(C)ccc3c2oc2cc4ccccc4cc23)[n+](C)c1. The third-order valence-electron chi connectivity index (χ3n) is 20.5. The van der Waals surface area contributed by atoms with Crippen molar-refractivity contribution in [1.82, 2.24) is 19.9 Å². The van der Waals surface area contributed by atoms with Crippen molar-refractivity contribution in [2.75, 3.05) is 0 Å². The number of nitrogens with zero attached hydrogens (tertiary/aromatic N) is 8. The van der Waals surface area contributed by atoms with Crippen molar-refractivity contribution in [3.8, 4) is 45.3 Å². The summed E-state index contributed by atoms with van der Waals surface area (Å²) >= 11 is 0. The molecule has 0 saturated carbocycles. The Balaban J connectivity index is 0.000000102. The van der Waals surface area contributed by atoms with E-state index in [1.807, 2.05) is 82.2 Å². The molecule has 12 heteroatoms. The summed E-state index contributed by atoms with van der Waals surface area (Å²) in [5.74, 6) is 1.83. The molecule has 0 atom stereocenters. The quantitative estimate of drug-likeness (QED) is 0.160. The molecular formula is C91H74N8O4+4. The van der Waals surface area contributed by atoms with Crippen LogP contribution in [0.2, 0.25) is 0 Å². The van der Waals surface area contributed by atoms with E-state index in [0.717, 1.165) is 139 Å². The molecular weight excluding hydrogens is 1270 g/mol. The predicted octanol–water partition coefficient (Wildman–Crippen LogP) is 20.7. The molecule has 0 unspecified atom stereocenters. The molecule has 0 amide bonds. The number of aromatic nitrogens is 8. The van der Waals surface area contributed by atoms with Gasteiger partial charge in [0, 0.05) is 54.7 Å². The maximum Gasteiger partial charge on any atom is 0.334 e. The van der Waals surface area contributed by atoms with Crippen LogP contribution in [0.5, 0.6) is 0 Å². The maximum atomic E-state index is 6.42. The molecule has 0 aliphatic carbocycles. The van der Waals surface area contributed by atoms with E-state index >= 15 is 0 Å². The number of hydrogen-bond donors (Lipinski definition) is 0. The minimum atomic E-state index is 0.902. The summed E-state index contributed by atoms with van der Waals surface area (Å²) in [4.78, 5) is 17.9. The fraction of sp³-hybridized carbons (Fsp3) is 0.121. The highest BCUT2D eigenvalue weighted by Crippen LogP contribution is 2.44. The Hall–Kier alpha value is -12.8. The van der Waals surface area contributed by atoms with Crippen LogP contribution >= 0.6 is 0 Å². The van der Waals surface area contributed by atoms with Gasteiger partial charge >= 0.3 is 11.6 Å². The van der Waals surface area contributed by atoms with Gasteiger partial charge in [0.25, 0.3) is 0 Å². The number of benzene rings is 12. The van der Waals surface area contributed by atoms with Crippen LogP contribution in [-0.4, -0.2) is 19.9 Å². The van der Waals surface area contributed by atoms with Crippen LogP contribution in [0.4, 0.5) is 0 Å². The zero-order valence-electron chi connectivity index (χ0n) is 59.4. The van der Waals surface area contributed by atoms with Crippen LogP contribution in [0.25, 0.3) is 176 Å². The zero-order chi connectivity index (χ0) is 70.5. The van der Waals surface area contributed by atoms with Gasteiger partial charge in [0.15, 0.2) is 23.6 Å². The van der Waals surface area contributed by atoms with Gasteiger partial charge in [-0.05, 0) is 190 Å². The summed E-state index contributed by atoms with van der Waals surface area (Å²) in [6, 6.07) is 66.1. The molecule has 0 radical (unpaired) electrons. The third-order valence-corrected chi connectivity index (χ3v) is 20.5. The lowest BCUT2D eigenvalue weighted by atomic mass is 9.96. The second kappa shape index (κ2) is 25.4. The molecule has 12 aromatic carbocycles. The average Bonchev–Trinajstić information content (AvgIpc) is 1.63. The lowest BCUT2D eigenvalue weighted by Gasteiger charge is -2.08. The summed E-state index contributed by atoms with van der Waals surface area (Å²) in [6.07, 6.45) is 19.2. The Labute approximate surface area is 594 Å². The van der Waals surface area contributed by atoms with Crippen LogP contribution in [0, 0.1) is 48.5 Å². The monoisotopic (exact) mass is 1340 g/mol. The van der Waals surface area contributed by atoms with Gasteiger partial charge in [-0.3, -0.25) is 9.97 Å². The molecule has 8 aromatic heterocycles. The van der Waals surface area contributed by atoms with E-state index in [4.69, 9.17) is 17.7 Å². The summed E-state index contributed by atoms with van der Waals surface area (Å²) in [5.41, 5.74) is 22.2. The second-order valence-electron chi connectivity index (χ2n) is 27.4. The Morgan fingerprint density at radius 3 is 1.17 bits per heavy atom. The van der Waals surface area contributed by atoms with Crippen LogP contribution in [0.15, 0.2) is 268 Å². The Morgan fingerprint density at radius 1 is 0.291 bits per heavy atom. The van der Waals surface area contributed by atoms with Gasteiger partial charge in [-0.2, -0.15) is 9.13 Å². The molecule has 12 nitrogen and oxygen atoms in total. The number of rotatable bonds is 4. The van der Waals surface area contributed by atoms with E-state index in [9.17, 15) is 0 Å². The predicted molar refractivity (Wildman–Crippen MR) is 416 cm³/mol. The number of furan rings is 4. The van der Waals surface area contributed by atoms with Crippen LogP contribution in [0.1, 0.15) is 38.9 Å². The first-order valence-electron chi connectivity index (χ1n) is 34.7. The normalized spacial score (nSPS) is 11.6. The van der Waals surface area contributed by atoms with Crippen LogP contribution in [0.3, 0.4) is 0 Å².